The molecule has 2 aliphatic rings. The Morgan fingerprint density at radius 1 is 1.06 bits per heavy atom. The van der Waals surface area contributed by atoms with E-state index in [9.17, 15) is 19.1 Å². The van der Waals surface area contributed by atoms with Gasteiger partial charge in [0.1, 0.15) is 0 Å². The second-order valence-electron chi connectivity index (χ2n) is 7.96. The molecule has 0 bridgehead atoms. The molecule has 9 heteroatoms. The van der Waals surface area contributed by atoms with Crippen LogP contribution in [0.3, 0.4) is 0 Å². The lowest BCUT2D eigenvalue weighted by Crippen LogP contribution is -2.25. The Bertz CT molecular complexity index is 1370. The normalized spacial score (nSPS) is 19.0. The van der Waals surface area contributed by atoms with Crippen molar-refractivity contribution in [1.82, 2.24) is 5.01 Å². The fourth-order valence-corrected chi connectivity index (χ4v) is 5.81. The number of nitro benzene ring substituents is 1. The molecule has 8 nitrogen and oxygen atoms in total. The van der Waals surface area contributed by atoms with Gasteiger partial charge in [-0.25, -0.2) is 9.22 Å². The summed E-state index contributed by atoms with van der Waals surface area (Å²) in [5.41, 5.74) is 3.74. The van der Waals surface area contributed by atoms with E-state index in [0.717, 1.165) is 21.8 Å². The van der Waals surface area contributed by atoms with Gasteiger partial charge in [0.15, 0.2) is 0 Å². The minimum absolute atomic E-state index is 0.0288. The van der Waals surface area contributed by atoms with Crippen molar-refractivity contribution >= 4 is 39.5 Å². The molecule has 3 aromatic rings. The molecule has 33 heavy (non-hydrogen) atoms. The molecule has 2 unspecified atom stereocenters. The monoisotopic (exact) mass is 460 g/mol. The van der Waals surface area contributed by atoms with Crippen molar-refractivity contribution in [3.8, 4) is 0 Å². The van der Waals surface area contributed by atoms with Crippen molar-refractivity contribution in [2.45, 2.75) is 29.2 Å². The highest BCUT2D eigenvalue weighted by Crippen LogP contribution is 2.43. The van der Waals surface area contributed by atoms with E-state index in [-0.39, 0.29) is 17.6 Å². The Labute approximate surface area is 192 Å². The van der Waals surface area contributed by atoms with Crippen molar-refractivity contribution in [2.24, 2.45) is 5.10 Å². The van der Waals surface area contributed by atoms with Gasteiger partial charge in [-0.2, -0.15) is 5.10 Å². The van der Waals surface area contributed by atoms with E-state index in [1.807, 2.05) is 54.4 Å². The van der Waals surface area contributed by atoms with Crippen molar-refractivity contribution < 1.29 is 13.9 Å². The number of hydrogen-bond donors (Lipinski definition) is 0. The second kappa shape index (κ2) is 7.93. The first-order chi connectivity index (χ1) is 15.8. The number of anilines is 2. The largest absolute Gasteiger partial charge is 0.343 e. The highest BCUT2D eigenvalue weighted by molar-refractivity contribution is 7.85. The predicted octanol–water partition coefficient (Wildman–Crippen LogP) is 4.54. The molecular formula is C24H20N4O4S. The molecule has 0 fully saturated rings. The number of fused-ring (bicyclic) bond motifs is 2. The maximum atomic E-state index is 13.3. The zero-order valence-electron chi connectivity index (χ0n) is 18.0. The summed E-state index contributed by atoms with van der Waals surface area (Å²) < 4.78 is 13.3. The van der Waals surface area contributed by atoms with Crippen LogP contribution in [0.25, 0.3) is 0 Å². The SMILES string of the molecule is CC(=O)N1N=C(c2cccc([N+](=O)[O-])c2)CC1c1ccc2c(c1)S(=O)c1ccccc1N2C. The van der Waals surface area contributed by atoms with E-state index >= 15 is 0 Å². The van der Waals surface area contributed by atoms with Crippen molar-refractivity contribution in [1.29, 1.82) is 0 Å². The van der Waals surface area contributed by atoms with Crippen LogP contribution in [-0.2, 0) is 15.6 Å². The summed E-state index contributed by atoms with van der Waals surface area (Å²) in [6, 6.07) is 19.2. The van der Waals surface area contributed by atoms with Crippen molar-refractivity contribution in [3.63, 3.8) is 0 Å². The summed E-state index contributed by atoms with van der Waals surface area (Å²) >= 11 is 0. The second-order valence-corrected chi connectivity index (χ2v) is 9.38. The van der Waals surface area contributed by atoms with Gasteiger partial charge in [-0.05, 0) is 29.8 Å². The quantitative estimate of drug-likeness (QED) is 0.422. The number of carbonyl (C=O) groups excluding carboxylic acids is 1. The Hall–Kier alpha value is -3.85. The van der Waals surface area contributed by atoms with Gasteiger partial charge in [0.2, 0.25) is 5.91 Å². The van der Waals surface area contributed by atoms with Crippen LogP contribution >= 0.6 is 0 Å². The Kier molecular flexibility index (Phi) is 5.05. The Morgan fingerprint density at radius 3 is 2.58 bits per heavy atom. The average molecular weight is 461 g/mol. The number of non-ortho nitro benzene ring substituents is 1. The number of amides is 1. The zero-order chi connectivity index (χ0) is 23.3. The third kappa shape index (κ3) is 3.50. The predicted molar refractivity (Wildman–Crippen MR) is 125 cm³/mol. The lowest BCUT2D eigenvalue weighted by atomic mass is 9.97. The highest BCUT2D eigenvalue weighted by atomic mass is 32.2. The Balaban J connectivity index is 1.52. The molecule has 2 heterocycles. The number of hydrogen-bond acceptors (Lipinski definition) is 6. The number of para-hydroxylation sites is 1. The first kappa shape index (κ1) is 21.0. The maximum absolute atomic E-state index is 13.3. The summed E-state index contributed by atoms with van der Waals surface area (Å²) in [7, 11) is 0.585. The van der Waals surface area contributed by atoms with Gasteiger partial charge >= 0.3 is 0 Å². The van der Waals surface area contributed by atoms with Gasteiger partial charge < -0.3 is 4.90 Å². The third-order valence-electron chi connectivity index (χ3n) is 5.98. The van der Waals surface area contributed by atoms with E-state index in [1.54, 1.807) is 12.1 Å². The highest BCUT2D eigenvalue weighted by Gasteiger charge is 2.34. The van der Waals surface area contributed by atoms with Crippen molar-refractivity contribution in [2.75, 3.05) is 11.9 Å². The van der Waals surface area contributed by atoms with Crippen LogP contribution in [0.4, 0.5) is 17.1 Å². The van der Waals surface area contributed by atoms with Gasteiger partial charge in [-0.1, -0.05) is 30.3 Å². The lowest BCUT2D eigenvalue weighted by molar-refractivity contribution is -0.384. The standard InChI is InChI=1S/C24H20N4O4S/c1-15(29)27-22(14-19(25-27)16-6-5-7-18(12-16)28(30)31)17-10-11-21-24(13-17)33(32)23-9-4-3-8-20(23)26(21)2/h3-13,22H,14H2,1-2H3. The van der Waals surface area contributed by atoms with Gasteiger partial charge in [0.05, 0.1) is 48.6 Å². The van der Waals surface area contributed by atoms with Gasteiger partial charge in [0.25, 0.3) is 5.69 Å². The van der Waals surface area contributed by atoms with E-state index in [4.69, 9.17) is 0 Å². The molecule has 0 N–H and O–H groups in total. The van der Waals surface area contributed by atoms with Crippen LogP contribution in [0.2, 0.25) is 0 Å². The molecule has 0 spiro atoms. The summed E-state index contributed by atoms with van der Waals surface area (Å²) in [4.78, 5) is 26.6. The maximum Gasteiger partial charge on any atom is 0.270 e. The summed E-state index contributed by atoms with van der Waals surface area (Å²) in [5, 5.41) is 17.1. The van der Waals surface area contributed by atoms with Crippen LogP contribution in [-0.4, -0.2) is 32.8 Å². The molecule has 1 amide bonds. The number of nitrogens with zero attached hydrogens (tertiary/aromatic N) is 4. The van der Waals surface area contributed by atoms with Crippen LogP contribution in [0, 0.1) is 10.1 Å². The number of nitro groups is 1. The minimum atomic E-state index is -1.35. The first-order valence-corrected chi connectivity index (χ1v) is 11.5. The first-order valence-electron chi connectivity index (χ1n) is 10.4. The lowest BCUT2D eigenvalue weighted by Gasteiger charge is -2.30. The molecule has 0 aromatic heterocycles. The summed E-state index contributed by atoms with van der Waals surface area (Å²) in [6.07, 6.45) is 0.401. The zero-order valence-corrected chi connectivity index (χ0v) is 18.8. The molecule has 0 saturated heterocycles. The van der Waals surface area contributed by atoms with E-state index in [1.165, 1.54) is 24.1 Å². The van der Waals surface area contributed by atoms with E-state index in [2.05, 4.69) is 5.10 Å². The molecule has 166 valence electrons. The van der Waals surface area contributed by atoms with Crippen LogP contribution in [0.15, 0.2) is 81.6 Å². The molecule has 0 radical (unpaired) electrons. The van der Waals surface area contributed by atoms with Crippen LogP contribution in [0.1, 0.15) is 30.5 Å². The number of benzene rings is 3. The molecule has 0 aliphatic carbocycles. The van der Waals surface area contributed by atoms with Gasteiger partial charge in [-0.3, -0.25) is 14.9 Å². The van der Waals surface area contributed by atoms with E-state index in [0.29, 0.717) is 22.6 Å². The van der Waals surface area contributed by atoms with Crippen LogP contribution in [0.5, 0.6) is 0 Å². The number of carbonyl (C=O) groups is 1. The fraction of sp³-hybridized carbons (Fsp3) is 0.167. The van der Waals surface area contributed by atoms with Gasteiger partial charge in [0, 0.05) is 38.1 Å². The fourth-order valence-electron chi connectivity index (χ4n) is 4.34. The smallest absolute Gasteiger partial charge is 0.270 e. The topological polar surface area (TPSA) is 96.1 Å². The third-order valence-corrected chi connectivity index (χ3v) is 7.45. The Morgan fingerprint density at radius 2 is 1.82 bits per heavy atom. The van der Waals surface area contributed by atoms with Crippen molar-refractivity contribution in [3.05, 3.63) is 88.0 Å². The molecule has 2 aliphatic heterocycles. The van der Waals surface area contributed by atoms with Crippen LogP contribution < -0.4 is 4.90 Å². The molecule has 5 rings (SSSR count). The molecule has 3 aromatic carbocycles. The van der Waals surface area contributed by atoms with E-state index < -0.39 is 15.7 Å². The molecular weight excluding hydrogens is 440 g/mol. The number of rotatable bonds is 3. The van der Waals surface area contributed by atoms with Gasteiger partial charge in [-0.15, -0.1) is 0 Å². The summed E-state index contributed by atoms with van der Waals surface area (Å²) in [5.74, 6) is -0.235. The average Bonchev–Trinajstić information content (AvgIpc) is 3.28. The summed E-state index contributed by atoms with van der Waals surface area (Å²) in [6.45, 7) is 1.44. The number of hydrazone groups is 1. The molecule has 0 saturated carbocycles. The minimum Gasteiger partial charge on any atom is -0.343 e. The molecule has 2 atom stereocenters.